The van der Waals surface area contributed by atoms with Gasteiger partial charge in [-0.15, -0.1) is 0 Å². The molecular weight excluding hydrogens is 282 g/mol. The van der Waals surface area contributed by atoms with Gasteiger partial charge in [0.1, 0.15) is 12.4 Å². The minimum Gasteiger partial charge on any atom is -0.481 e. The van der Waals surface area contributed by atoms with Gasteiger partial charge in [0.25, 0.3) is 6.43 Å². The second-order valence-corrected chi connectivity index (χ2v) is 4.51. The molecule has 1 rings (SSSR count). The number of alkyl halides is 2. The van der Waals surface area contributed by atoms with E-state index in [4.69, 9.17) is 9.84 Å². The Morgan fingerprint density at radius 3 is 2.24 bits per heavy atom. The van der Waals surface area contributed by atoms with Crippen LogP contribution in [-0.2, 0) is 35.2 Å². The fourth-order valence-corrected chi connectivity index (χ4v) is 2.03. The predicted octanol–water partition coefficient (Wildman–Crippen LogP) is 2.05. The molecule has 5 nitrogen and oxygen atoms in total. The van der Waals surface area contributed by atoms with Crippen molar-refractivity contribution in [2.45, 2.75) is 46.0 Å². The summed E-state index contributed by atoms with van der Waals surface area (Å²) in [7, 11) is 0. The van der Waals surface area contributed by atoms with E-state index in [2.05, 4.69) is 9.97 Å². The SMILES string of the molecule is CCc1nc(CCOCC(F)F)nc(CC)c1CC(=O)O. The zero-order valence-corrected chi connectivity index (χ0v) is 12.2. The summed E-state index contributed by atoms with van der Waals surface area (Å²) in [5.74, 6) is -0.414. The normalized spacial score (nSPS) is 11.1. The molecule has 1 heterocycles. The molecule has 0 aliphatic rings. The Balaban J connectivity index is 2.85. The number of aromatic nitrogens is 2. The molecule has 0 saturated carbocycles. The third-order valence-corrected chi connectivity index (χ3v) is 2.94. The molecule has 0 aliphatic heterocycles. The van der Waals surface area contributed by atoms with Crippen LogP contribution in [0.25, 0.3) is 0 Å². The summed E-state index contributed by atoms with van der Waals surface area (Å²) in [5.41, 5.74) is 2.06. The summed E-state index contributed by atoms with van der Waals surface area (Å²) in [6, 6.07) is 0. The summed E-state index contributed by atoms with van der Waals surface area (Å²) >= 11 is 0. The maximum absolute atomic E-state index is 12.0. The van der Waals surface area contributed by atoms with E-state index in [1.807, 2.05) is 13.8 Å². The smallest absolute Gasteiger partial charge is 0.307 e. The first-order chi connectivity index (χ1) is 9.97. The number of rotatable bonds is 9. The highest BCUT2D eigenvalue weighted by Crippen LogP contribution is 2.15. The molecule has 1 aromatic rings. The van der Waals surface area contributed by atoms with Crippen molar-refractivity contribution in [3.8, 4) is 0 Å². The van der Waals surface area contributed by atoms with Crippen molar-refractivity contribution >= 4 is 5.97 Å². The molecule has 0 fully saturated rings. The molecule has 0 aliphatic carbocycles. The van der Waals surface area contributed by atoms with Crippen LogP contribution >= 0.6 is 0 Å². The highest BCUT2D eigenvalue weighted by molar-refractivity contribution is 5.71. The van der Waals surface area contributed by atoms with Gasteiger partial charge >= 0.3 is 5.97 Å². The zero-order chi connectivity index (χ0) is 15.8. The molecule has 0 saturated heterocycles. The highest BCUT2D eigenvalue weighted by Gasteiger charge is 2.15. The number of aliphatic carboxylic acids is 1. The second kappa shape index (κ2) is 8.61. The Bertz CT molecular complexity index is 456. The van der Waals surface area contributed by atoms with Crippen molar-refractivity contribution in [1.29, 1.82) is 0 Å². The Morgan fingerprint density at radius 1 is 1.24 bits per heavy atom. The summed E-state index contributed by atoms with van der Waals surface area (Å²) in [4.78, 5) is 19.6. The molecular formula is C14H20F2N2O3. The molecule has 21 heavy (non-hydrogen) atoms. The number of halogens is 2. The Morgan fingerprint density at radius 2 is 1.81 bits per heavy atom. The molecule has 0 atom stereocenters. The number of carbonyl (C=O) groups is 1. The standard InChI is InChI=1S/C14H20F2N2O3/c1-3-10-9(7-14(19)20)11(4-2)18-13(17-10)5-6-21-8-12(15)16/h12H,3-8H2,1-2H3,(H,19,20). The summed E-state index contributed by atoms with van der Waals surface area (Å²) < 4.78 is 28.7. The van der Waals surface area contributed by atoms with Gasteiger partial charge in [-0.3, -0.25) is 4.79 Å². The van der Waals surface area contributed by atoms with Crippen LogP contribution in [0.1, 0.15) is 36.6 Å². The lowest BCUT2D eigenvalue weighted by Gasteiger charge is -2.12. The first-order valence-electron chi connectivity index (χ1n) is 6.93. The van der Waals surface area contributed by atoms with E-state index in [1.165, 1.54) is 0 Å². The maximum Gasteiger partial charge on any atom is 0.307 e. The monoisotopic (exact) mass is 302 g/mol. The quantitative estimate of drug-likeness (QED) is 0.707. The van der Waals surface area contributed by atoms with Crippen LogP contribution in [0.5, 0.6) is 0 Å². The van der Waals surface area contributed by atoms with Gasteiger partial charge in [0.05, 0.1) is 13.0 Å². The van der Waals surface area contributed by atoms with Crippen LogP contribution in [0.3, 0.4) is 0 Å². The lowest BCUT2D eigenvalue weighted by atomic mass is 10.0. The van der Waals surface area contributed by atoms with Crippen LogP contribution in [0.2, 0.25) is 0 Å². The number of hydrogen-bond donors (Lipinski definition) is 1. The number of hydrogen-bond acceptors (Lipinski definition) is 4. The average molecular weight is 302 g/mol. The maximum atomic E-state index is 12.0. The minimum absolute atomic E-state index is 0.103. The van der Waals surface area contributed by atoms with Crippen molar-refractivity contribution in [1.82, 2.24) is 9.97 Å². The number of carboxylic acid groups (broad SMARTS) is 1. The van der Waals surface area contributed by atoms with Crippen molar-refractivity contribution in [3.63, 3.8) is 0 Å². The van der Waals surface area contributed by atoms with Crippen molar-refractivity contribution in [3.05, 3.63) is 22.8 Å². The van der Waals surface area contributed by atoms with Gasteiger partial charge in [0.15, 0.2) is 0 Å². The first kappa shape index (κ1) is 17.4. The third kappa shape index (κ3) is 5.71. The van der Waals surface area contributed by atoms with Gasteiger partial charge in [-0.25, -0.2) is 18.7 Å². The van der Waals surface area contributed by atoms with Gasteiger partial charge in [-0.1, -0.05) is 13.8 Å². The lowest BCUT2D eigenvalue weighted by Crippen LogP contribution is -2.15. The Hall–Kier alpha value is -1.63. The minimum atomic E-state index is -2.48. The van der Waals surface area contributed by atoms with Gasteiger partial charge in [0, 0.05) is 23.4 Å². The van der Waals surface area contributed by atoms with Gasteiger partial charge in [0.2, 0.25) is 0 Å². The summed E-state index contributed by atoms with van der Waals surface area (Å²) in [6.07, 6.45) is -1.05. The van der Waals surface area contributed by atoms with E-state index in [9.17, 15) is 13.6 Å². The van der Waals surface area contributed by atoms with E-state index in [0.29, 0.717) is 42.0 Å². The molecule has 118 valence electrons. The van der Waals surface area contributed by atoms with Crippen molar-refractivity contribution in [2.24, 2.45) is 0 Å². The van der Waals surface area contributed by atoms with Crippen LogP contribution in [0.15, 0.2) is 0 Å². The predicted molar refractivity (Wildman–Crippen MR) is 72.7 cm³/mol. The first-order valence-corrected chi connectivity index (χ1v) is 6.93. The Kier molecular flexibility index (Phi) is 7.14. The van der Waals surface area contributed by atoms with Gasteiger partial charge in [-0.05, 0) is 12.8 Å². The van der Waals surface area contributed by atoms with Crippen LogP contribution in [0, 0.1) is 0 Å². The molecule has 0 unspecified atom stereocenters. The van der Waals surface area contributed by atoms with Crippen LogP contribution < -0.4 is 0 Å². The summed E-state index contributed by atoms with van der Waals surface area (Å²) in [5, 5.41) is 8.95. The zero-order valence-electron chi connectivity index (χ0n) is 12.2. The number of carboxylic acids is 1. The molecule has 0 spiro atoms. The van der Waals surface area contributed by atoms with Crippen LogP contribution in [-0.4, -0.2) is 40.7 Å². The molecule has 7 heteroatoms. The fraction of sp³-hybridized carbons (Fsp3) is 0.643. The van der Waals surface area contributed by atoms with Gasteiger partial charge < -0.3 is 9.84 Å². The molecule has 0 amide bonds. The van der Waals surface area contributed by atoms with E-state index in [0.717, 1.165) is 0 Å². The second-order valence-electron chi connectivity index (χ2n) is 4.51. The van der Waals surface area contributed by atoms with E-state index in [1.54, 1.807) is 0 Å². The molecule has 1 aromatic heterocycles. The van der Waals surface area contributed by atoms with E-state index < -0.39 is 19.0 Å². The number of nitrogens with zero attached hydrogens (tertiary/aromatic N) is 2. The third-order valence-electron chi connectivity index (χ3n) is 2.94. The fourth-order valence-electron chi connectivity index (χ4n) is 2.03. The van der Waals surface area contributed by atoms with Gasteiger partial charge in [-0.2, -0.15) is 0 Å². The van der Waals surface area contributed by atoms with Crippen molar-refractivity contribution < 1.29 is 23.4 Å². The molecule has 0 aromatic carbocycles. The van der Waals surface area contributed by atoms with Crippen molar-refractivity contribution in [2.75, 3.05) is 13.2 Å². The molecule has 1 N–H and O–H groups in total. The van der Waals surface area contributed by atoms with E-state index >= 15 is 0 Å². The molecule has 0 bridgehead atoms. The van der Waals surface area contributed by atoms with E-state index in [-0.39, 0.29) is 13.0 Å². The largest absolute Gasteiger partial charge is 0.481 e. The Labute approximate surface area is 122 Å². The highest BCUT2D eigenvalue weighted by atomic mass is 19.3. The number of aryl methyl sites for hydroxylation is 2. The number of ether oxygens (including phenoxy) is 1. The van der Waals surface area contributed by atoms with Crippen LogP contribution in [0.4, 0.5) is 8.78 Å². The average Bonchev–Trinajstić information content (AvgIpc) is 2.43. The topological polar surface area (TPSA) is 72.3 Å². The summed E-state index contributed by atoms with van der Waals surface area (Å²) in [6.45, 7) is 3.31. The lowest BCUT2D eigenvalue weighted by molar-refractivity contribution is -0.136. The molecule has 0 radical (unpaired) electrons.